The van der Waals surface area contributed by atoms with Gasteiger partial charge in [0.05, 0.1) is 5.69 Å². The number of hydrazine groups is 1. The minimum absolute atomic E-state index is 0.912. The molecule has 0 saturated carbocycles. The molecule has 0 radical (unpaired) electrons. The van der Waals surface area contributed by atoms with Gasteiger partial charge in [0, 0.05) is 5.56 Å². The fourth-order valence-electron chi connectivity index (χ4n) is 3.39. The third-order valence-electron chi connectivity index (χ3n) is 4.57. The molecule has 0 fully saturated rings. The number of nitrogens with two attached hydrogens (primary N) is 1. The Bertz CT molecular complexity index is 994. The lowest BCUT2D eigenvalue weighted by Crippen LogP contribution is -2.09. The first-order chi connectivity index (χ1) is 12.9. The third kappa shape index (κ3) is 2.99. The first-order valence-corrected chi connectivity index (χ1v) is 8.68. The number of hydrogen-bond acceptors (Lipinski definition) is 2. The first-order valence-electron chi connectivity index (χ1n) is 8.68. The second kappa shape index (κ2) is 7.26. The Labute approximate surface area is 153 Å². The van der Waals surface area contributed by atoms with Crippen LogP contribution in [0.4, 0.5) is 5.69 Å². The van der Waals surface area contributed by atoms with Crippen molar-refractivity contribution in [2.45, 2.75) is 0 Å². The van der Waals surface area contributed by atoms with Crippen LogP contribution in [0.3, 0.4) is 0 Å². The van der Waals surface area contributed by atoms with Crippen LogP contribution in [0.2, 0.25) is 0 Å². The zero-order valence-corrected chi connectivity index (χ0v) is 14.4. The highest BCUT2D eigenvalue weighted by Crippen LogP contribution is 2.43. The maximum Gasteiger partial charge on any atom is 0.0570 e. The molecule has 0 aliphatic rings. The van der Waals surface area contributed by atoms with Crippen LogP contribution in [0.5, 0.6) is 0 Å². The average Bonchev–Trinajstić information content (AvgIpc) is 2.74. The fraction of sp³-hybridized carbons (Fsp3) is 0. The molecule has 0 aromatic heterocycles. The van der Waals surface area contributed by atoms with Crippen LogP contribution in [-0.4, -0.2) is 0 Å². The zero-order chi connectivity index (χ0) is 17.8. The quantitative estimate of drug-likeness (QED) is 0.356. The van der Waals surface area contributed by atoms with E-state index in [0.717, 1.165) is 16.8 Å². The van der Waals surface area contributed by atoms with Gasteiger partial charge in [-0.3, -0.25) is 5.84 Å². The summed E-state index contributed by atoms with van der Waals surface area (Å²) in [5, 5.41) is 0. The molecule has 0 saturated heterocycles. The molecule has 4 rings (SSSR count). The highest BCUT2D eigenvalue weighted by atomic mass is 15.2. The number of anilines is 1. The Morgan fingerprint density at radius 2 is 0.923 bits per heavy atom. The lowest BCUT2D eigenvalue weighted by Gasteiger charge is -2.20. The van der Waals surface area contributed by atoms with Crippen LogP contribution < -0.4 is 11.3 Å². The summed E-state index contributed by atoms with van der Waals surface area (Å²) in [6.45, 7) is 0. The topological polar surface area (TPSA) is 38.0 Å². The van der Waals surface area contributed by atoms with E-state index in [1.807, 2.05) is 18.2 Å². The second-order valence-corrected chi connectivity index (χ2v) is 6.15. The summed E-state index contributed by atoms with van der Waals surface area (Å²) in [4.78, 5) is 0. The minimum Gasteiger partial charge on any atom is -0.323 e. The molecule has 0 heterocycles. The van der Waals surface area contributed by atoms with Gasteiger partial charge in [0.25, 0.3) is 0 Å². The predicted molar refractivity (Wildman–Crippen MR) is 111 cm³/mol. The molecule has 26 heavy (non-hydrogen) atoms. The predicted octanol–water partition coefficient (Wildman–Crippen LogP) is 5.97. The summed E-state index contributed by atoms with van der Waals surface area (Å²) in [6, 6.07) is 35.5. The van der Waals surface area contributed by atoms with E-state index in [1.165, 1.54) is 22.3 Å². The van der Waals surface area contributed by atoms with Crippen LogP contribution in [0, 0.1) is 0 Å². The molecule has 4 aromatic carbocycles. The molecular weight excluding hydrogens is 316 g/mol. The molecule has 126 valence electrons. The van der Waals surface area contributed by atoms with Crippen LogP contribution in [0.15, 0.2) is 103 Å². The van der Waals surface area contributed by atoms with Crippen molar-refractivity contribution in [3.63, 3.8) is 0 Å². The van der Waals surface area contributed by atoms with Crippen molar-refractivity contribution in [3.8, 4) is 33.4 Å². The van der Waals surface area contributed by atoms with Gasteiger partial charge < -0.3 is 5.43 Å². The van der Waals surface area contributed by atoms with Crippen molar-refractivity contribution in [2.24, 2.45) is 5.84 Å². The van der Waals surface area contributed by atoms with Crippen molar-refractivity contribution < 1.29 is 0 Å². The number of nitrogens with one attached hydrogen (secondary N) is 1. The molecule has 0 bridgehead atoms. The largest absolute Gasteiger partial charge is 0.323 e. The Kier molecular flexibility index (Phi) is 4.50. The zero-order valence-electron chi connectivity index (χ0n) is 14.4. The van der Waals surface area contributed by atoms with Gasteiger partial charge in [0.1, 0.15) is 0 Å². The van der Waals surface area contributed by atoms with Crippen molar-refractivity contribution in [1.29, 1.82) is 0 Å². The first kappa shape index (κ1) is 16.1. The summed E-state index contributed by atoms with van der Waals surface area (Å²) >= 11 is 0. The molecule has 0 amide bonds. The Hall–Kier alpha value is -3.36. The lowest BCUT2D eigenvalue weighted by molar-refractivity contribution is 1.35. The van der Waals surface area contributed by atoms with Gasteiger partial charge in [-0.05, 0) is 33.9 Å². The van der Waals surface area contributed by atoms with Crippen LogP contribution in [0.25, 0.3) is 33.4 Å². The summed E-state index contributed by atoms with van der Waals surface area (Å²) in [6.07, 6.45) is 0. The standard InChI is InChI=1S/C24H20N2/c25-26-22-17-16-21(18-10-4-1-5-11-18)23(19-12-6-2-7-13-19)24(22)20-14-8-3-9-15-20/h1-17,26H,25H2. The maximum atomic E-state index is 5.87. The average molecular weight is 336 g/mol. The monoisotopic (exact) mass is 336 g/mol. The molecular formula is C24H20N2. The maximum absolute atomic E-state index is 5.87. The van der Waals surface area contributed by atoms with E-state index in [4.69, 9.17) is 5.84 Å². The van der Waals surface area contributed by atoms with E-state index in [1.54, 1.807) is 0 Å². The highest BCUT2D eigenvalue weighted by Gasteiger charge is 2.17. The van der Waals surface area contributed by atoms with Crippen molar-refractivity contribution in [2.75, 3.05) is 5.43 Å². The molecule has 0 aliphatic heterocycles. The van der Waals surface area contributed by atoms with Gasteiger partial charge in [0.15, 0.2) is 0 Å². The minimum atomic E-state index is 0.912. The summed E-state index contributed by atoms with van der Waals surface area (Å²) in [7, 11) is 0. The Balaban J connectivity index is 2.09. The van der Waals surface area contributed by atoms with Gasteiger partial charge >= 0.3 is 0 Å². The number of benzene rings is 4. The molecule has 2 nitrogen and oxygen atoms in total. The lowest BCUT2D eigenvalue weighted by atomic mass is 9.86. The summed E-state index contributed by atoms with van der Waals surface area (Å²) in [5.41, 5.74) is 10.8. The summed E-state index contributed by atoms with van der Waals surface area (Å²) in [5.74, 6) is 5.87. The van der Waals surface area contributed by atoms with Crippen molar-refractivity contribution in [3.05, 3.63) is 103 Å². The fourth-order valence-corrected chi connectivity index (χ4v) is 3.39. The van der Waals surface area contributed by atoms with E-state index in [9.17, 15) is 0 Å². The highest BCUT2D eigenvalue weighted by molar-refractivity contribution is 6.00. The number of nitrogen functional groups attached to an aromatic ring is 1. The normalized spacial score (nSPS) is 10.5. The van der Waals surface area contributed by atoms with Gasteiger partial charge in [-0.25, -0.2) is 0 Å². The van der Waals surface area contributed by atoms with Crippen LogP contribution in [0.1, 0.15) is 0 Å². The van der Waals surface area contributed by atoms with Gasteiger partial charge in [0.2, 0.25) is 0 Å². The third-order valence-corrected chi connectivity index (χ3v) is 4.57. The Morgan fingerprint density at radius 3 is 1.42 bits per heavy atom. The molecule has 2 heteroatoms. The molecule has 0 unspecified atom stereocenters. The SMILES string of the molecule is NNc1ccc(-c2ccccc2)c(-c2ccccc2)c1-c1ccccc1. The van der Waals surface area contributed by atoms with Gasteiger partial charge in [-0.1, -0.05) is 97.1 Å². The van der Waals surface area contributed by atoms with E-state index >= 15 is 0 Å². The molecule has 0 aliphatic carbocycles. The molecule has 0 spiro atoms. The number of rotatable bonds is 4. The van der Waals surface area contributed by atoms with Gasteiger partial charge in [-0.2, -0.15) is 0 Å². The van der Waals surface area contributed by atoms with E-state index in [-0.39, 0.29) is 0 Å². The van der Waals surface area contributed by atoms with Crippen LogP contribution >= 0.6 is 0 Å². The summed E-state index contributed by atoms with van der Waals surface area (Å²) < 4.78 is 0. The smallest absolute Gasteiger partial charge is 0.0570 e. The molecule has 0 atom stereocenters. The van der Waals surface area contributed by atoms with E-state index < -0.39 is 0 Å². The number of hydrogen-bond donors (Lipinski definition) is 2. The van der Waals surface area contributed by atoms with Crippen molar-refractivity contribution in [1.82, 2.24) is 0 Å². The van der Waals surface area contributed by atoms with Crippen molar-refractivity contribution >= 4 is 5.69 Å². The van der Waals surface area contributed by atoms with E-state index in [2.05, 4.69) is 90.4 Å². The Morgan fingerprint density at radius 1 is 0.462 bits per heavy atom. The second-order valence-electron chi connectivity index (χ2n) is 6.15. The molecule has 4 aromatic rings. The van der Waals surface area contributed by atoms with Gasteiger partial charge in [-0.15, -0.1) is 0 Å². The molecule has 3 N–H and O–H groups in total. The van der Waals surface area contributed by atoms with Crippen LogP contribution in [-0.2, 0) is 0 Å². The van der Waals surface area contributed by atoms with E-state index in [0.29, 0.717) is 0 Å².